The van der Waals surface area contributed by atoms with Crippen molar-refractivity contribution < 1.29 is 22.4 Å². The van der Waals surface area contributed by atoms with Gasteiger partial charge in [-0.3, -0.25) is 9.69 Å². The predicted molar refractivity (Wildman–Crippen MR) is 115 cm³/mol. The molecule has 5 nitrogen and oxygen atoms in total. The number of halogens is 3. The van der Waals surface area contributed by atoms with Crippen molar-refractivity contribution in [1.29, 1.82) is 0 Å². The molecule has 1 aliphatic heterocycles. The second-order valence-corrected chi connectivity index (χ2v) is 8.09. The normalized spacial score (nSPS) is 15.3. The van der Waals surface area contributed by atoms with Crippen LogP contribution in [-0.2, 0) is 12.7 Å². The Bertz CT molecular complexity index is 1230. The van der Waals surface area contributed by atoms with Gasteiger partial charge in [0.2, 0.25) is 0 Å². The lowest BCUT2D eigenvalue weighted by atomic mass is 10.0. The molecule has 3 aromatic rings. The Balaban J connectivity index is 1.50. The van der Waals surface area contributed by atoms with Crippen LogP contribution in [0.2, 0.25) is 0 Å². The van der Waals surface area contributed by atoms with Crippen molar-refractivity contribution in [2.24, 2.45) is 0 Å². The van der Waals surface area contributed by atoms with Crippen LogP contribution >= 0.6 is 0 Å². The van der Waals surface area contributed by atoms with Gasteiger partial charge >= 0.3 is 11.8 Å². The van der Waals surface area contributed by atoms with E-state index in [-0.39, 0.29) is 5.56 Å². The Hall–Kier alpha value is -3.13. The van der Waals surface area contributed by atoms with Gasteiger partial charge < -0.3 is 9.32 Å². The summed E-state index contributed by atoms with van der Waals surface area (Å²) in [4.78, 5) is 28.4. The minimum absolute atomic E-state index is 0.308. The molecule has 1 aromatic heterocycles. The molecule has 1 fully saturated rings. The number of amides is 1. The monoisotopic (exact) mass is 444 g/mol. The maximum atomic E-state index is 13.3. The van der Waals surface area contributed by atoms with Crippen molar-refractivity contribution in [2.75, 3.05) is 26.2 Å². The summed E-state index contributed by atoms with van der Waals surface area (Å²) in [5.74, 6) is -0.616. The second-order valence-electron chi connectivity index (χ2n) is 8.09. The summed E-state index contributed by atoms with van der Waals surface area (Å²) in [5.41, 5.74) is 1.70. The van der Waals surface area contributed by atoms with Gasteiger partial charge in [0.25, 0.3) is 5.91 Å². The van der Waals surface area contributed by atoms with E-state index in [2.05, 4.69) is 4.90 Å². The van der Waals surface area contributed by atoms with Crippen LogP contribution in [0, 0.1) is 13.8 Å². The zero-order valence-corrected chi connectivity index (χ0v) is 17.8. The van der Waals surface area contributed by atoms with Gasteiger partial charge in [0.05, 0.1) is 11.1 Å². The molecule has 1 amide bonds. The molecule has 0 saturated carbocycles. The first-order valence-corrected chi connectivity index (χ1v) is 10.4. The fourth-order valence-electron chi connectivity index (χ4n) is 4.09. The number of benzene rings is 2. The smallest absolute Gasteiger partial charge is 0.417 e. The molecular formula is C24H23F3N2O3. The third kappa shape index (κ3) is 4.27. The fourth-order valence-corrected chi connectivity index (χ4v) is 4.09. The Morgan fingerprint density at radius 3 is 2.41 bits per heavy atom. The van der Waals surface area contributed by atoms with E-state index >= 15 is 0 Å². The number of aryl methyl sites for hydroxylation is 2. The highest BCUT2D eigenvalue weighted by Crippen LogP contribution is 2.32. The quantitative estimate of drug-likeness (QED) is 0.563. The van der Waals surface area contributed by atoms with Gasteiger partial charge in [-0.2, -0.15) is 13.2 Å². The van der Waals surface area contributed by atoms with Crippen LogP contribution in [0.15, 0.2) is 51.7 Å². The Labute approximate surface area is 183 Å². The van der Waals surface area contributed by atoms with Crippen LogP contribution < -0.4 is 5.63 Å². The lowest BCUT2D eigenvalue weighted by molar-refractivity contribution is -0.138. The van der Waals surface area contributed by atoms with Crippen molar-refractivity contribution >= 4 is 16.9 Å². The lowest BCUT2D eigenvalue weighted by Crippen LogP contribution is -2.48. The molecule has 32 heavy (non-hydrogen) atoms. The summed E-state index contributed by atoms with van der Waals surface area (Å²) in [6, 6.07) is 10.3. The molecule has 0 N–H and O–H groups in total. The number of hydrogen-bond acceptors (Lipinski definition) is 4. The summed E-state index contributed by atoms with van der Waals surface area (Å²) < 4.78 is 45.3. The minimum atomic E-state index is -4.58. The van der Waals surface area contributed by atoms with Gasteiger partial charge in [-0.1, -0.05) is 24.3 Å². The Morgan fingerprint density at radius 2 is 1.72 bits per heavy atom. The largest absolute Gasteiger partial charge is 0.422 e. The number of carbonyl (C=O) groups excluding carboxylic acids is 1. The molecule has 0 radical (unpaired) electrons. The number of rotatable bonds is 3. The summed E-state index contributed by atoms with van der Waals surface area (Å²) >= 11 is 0. The highest BCUT2D eigenvalue weighted by molar-refractivity contribution is 5.96. The molecule has 1 aliphatic rings. The number of carbonyl (C=O) groups is 1. The van der Waals surface area contributed by atoms with Crippen LogP contribution in [0.3, 0.4) is 0 Å². The van der Waals surface area contributed by atoms with Gasteiger partial charge in [0.15, 0.2) is 0 Å². The fraction of sp³-hybridized carbons (Fsp3) is 0.333. The maximum absolute atomic E-state index is 13.3. The zero-order valence-electron chi connectivity index (χ0n) is 17.8. The first kappa shape index (κ1) is 22.1. The average Bonchev–Trinajstić information content (AvgIpc) is 2.76. The lowest BCUT2D eigenvalue weighted by Gasteiger charge is -2.35. The van der Waals surface area contributed by atoms with Crippen molar-refractivity contribution in [3.63, 3.8) is 0 Å². The summed E-state index contributed by atoms with van der Waals surface area (Å²) in [7, 11) is 0. The zero-order chi connectivity index (χ0) is 23.0. The standard InChI is InChI=1S/C24H23F3N2O3/c1-15-7-8-18-17(13-21(30)32-22(18)16(15)2)14-28-9-11-29(12-10-28)23(31)19-5-3-4-6-20(19)24(25,26)27/h3-8,13H,9-12,14H2,1-2H3. The molecule has 2 aromatic carbocycles. The summed E-state index contributed by atoms with van der Waals surface area (Å²) in [5, 5.41) is 0.866. The molecule has 0 atom stereocenters. The number of hydrogen-bond donors (Lipinski definition) is 0. The third-order valence-electron chi connectivity index (χ3n) is 6.03. The Morgan fingerprint density at radius 1 is 1.03 bits per heavy atom. The first-order valence-electron chi connectivity index (χ1n) is 10.4. The molecule has 8 heteroatoms. The number of piperazine rings is 1. The van der Waals surface area contributed by atoms with E-state index in [1.807, 2.05) is 26.0 Å². The molecule has 0 unspecified atom stereocenters. The number of fused-ring (bicyclic) bond motifs is 1. The topological polar surface area (TPSA) is 53.8 Å². The van der Waals surface area contributed by atoms with Crippen molar-refractivity contribution in [3.8, 4) is 0 Å². The number of alkyl halides is 3. The molecule has 4 rings (SSSR count). The molecular weight excluding hydrogens is 421 g/mol. The average molecular weight is 444 g/mol. The van der Waals surface area contributed by atoms with E-state index in [9.17, 15) is 22.8 Å². The molecule has 0 aliphatic carbocycles. The molecule has 0 spiro atoms. The molecule has 2 heterocycles. The molecule has 168 valence electrons. The van der Waals surface area contributed by atoms with E-state index in [4.69, 9.17) is 4.42 Å². The van der Waals surface area contributed by atoms with Crippen LogP contribution in [0.1, 0.15) is 32.6 Å². The SMILES string of the molecule is Cc1ccc2c(CN3CCN(C(=O)c4ccccc4C(F)(F)F)CC3)cc(=O)oc2c1C. The highest BCUT2D eigenvalue weighted by Gasteiger charge is 2.36. The van der Waals surface area contributed by atoms with Crippen LogP contribution in [0.4, 0.5) is 13.2 Å². The number of nitrogens with zero attached hydrogens (tertiary/aromatic N) is 2. The van der Waals surface area contributed by atoms with E-state index in [0.29, 0.717) is 38.3 Å². The van der Waals surface area contributed by atoms with E-state index in [1.54, 1.807) is 0 Å². The van der Waals surface area contributed by atoms with E-state index in [0.717, 1.165) is 28.1 Å². The minimum Gasteiger partial charge on any atom is -0.422 e. The van der Waals surface area contributed by atoms with E-state index in [1.165, 1.54) is 29.2 Å². The first-order chi connectivity index (χ1) is 15.1. The summed E-state index contributed by atoms with van der Waals surface area (Å²) in [6.45, 7) is 5.96. The van der Waals surface area contributed by atoms with Crippen LogP contribution in [0.5, 0.6) is 0 Å². The van der Waals surface area contributed by atoms with Gasteiger partial charge in [-0.05, 0) is 42.7 Å². The van der Waals surface area contributed by atoms with Gasteiger partial charge in [0.1, 0.15) is 5.58 Å². The van der Waals surface area contributed by atoms with Crippen molar-refractivity contribution in [3.05, 3.63) is 80.7 Å². The molecule has 1 saturated heterocycles. The summed E-state index contributed by atoms with van der Waals surface area (Å²) in [6.07, 6.45) is -4.58. The molecule has 0 bridgehead atoms. The second kappa shape index (κ2) is 8.43. The predicted octanol–water partition coefficient (Wildman–Crippen LogP) is 4.39. The van der Waals surface area contributed by atoms with Gasteiger partial charge in [-0.15, -0.1) is 0 Å². The van der Waals surface area contributed by atoms with Crippen molar-refractivity contribution in [2.45, 2.75) is 26.6 Å². The van der Waals surface area contributed by atoms with E-state index < -0.39 is 23.3 Å². The van der Waals surface area contributed by atoms with Crippen LogP contribution in [-0.4, -0.2) is 41.9 Å². The Kier molecular flexibility index (Phi) is 5.81. The third-order valence-corrected chi connectivity index (χ3v) is 6.03. The van der Waals surface area contributed by atoms with Crippen molar-refractivity contribution in [1.82, 2.24) is 9.80 Å². The highest BCUT2D eigenvalue weighted by atomic mass is 19.4. The maximum Gasteiger partial charge on any atom is 0.417 e. The van der Waals surface area contributed by atoms with Crippen LogP contribution in [0.25, 0.3) is 11.0 Å². The van der Waals surface area contributed by atoms with Gasteiger partial charge in [0, 0.05) is 44.2 Å². The van der Waals surface area contributed by atoms with Gasteiger partial charge in [-0.25, -0.2) is 4.79 Å².